The molecule has 2 N–H and O–H groups in total. The van der Waals surface area contributed by atoms with Gasteiger partial charge in [0.1, 0.15) is 5.75 Å². The smallest absolute Gasteiger partial charge is 0.314 e. The lowest BCUT2D eigenvalue weighted by Crippen LogP contribution is -2.39. The first-order valence-electron chi connectivity index (χ1n) is 7.83. The number of carboxylic acid groups (broad SMARTS) is 1. The second kappa shape index (κ2) is 5.53. The zero-order valence-corrected chi connectivity index (χ0v) is 12.9. The first-order valence-corrected chi connectivity index (χ1v) is 8.21. The Labute approximate surface area is 129 Å². The molecular weight excluding hydrogens is 288 g/mol. The number of aromatic hydroxyl groups is 1. The lowest BCUT2D eigenvalue weighted by atomic mass is 9.66. The molecule has 114 valence electrons. The normalized spacial score (nSPS) is 20.8. The first-order chi connectivity index (χ1) is 10.1. The van der Waals surface area contributed by atoms with Crippen LogP contribution in [0.4, 0.5) is 0 Å². The molecule has 2 aliphatic carbocycles. The van der Waals surface area contributed by atoms with Crippen LogP contribution in [0.5, 0.6) is 5.75 Å². The Kier molecular flexibility index (Phi) is 3.87. The number of carbonyl (C=O) groups is 1. The Hall–Kier alpha value is -1.22. The number of fused-ring (bicyclic) bond motifs is 1. The summed E-state index contributed by atoms with van der Waals surface area (Å²) in [6.45, 7) is 0. The predicted molar refractivity (Wildman–Crippen MR) is 82.2 cm³/mol. The average Bonchev–Trinajstić information content (AvgIpc) is 2.49. The number of rotatable bonds is 2. The van der Waals surface area contributed by atoms with Gasteiger partial charge in [0.05, 0.1) is 10.4 Å². The molecule has 0 saturated heterocycles. The van der Waals surface area contributed by atoms with Crippen molar-refractivity contribution in [3.05, 3.63) is 27.8 Å². The van der Waals surface area contributed by atoms with E-state index in [9.17, 15) is 15.0 Å². The molecule has 3 nitrogen and oxygen atoms in total. The van der Waals surface area contributed by atoms with E-state index in [0.29, 0.717) is 23.4 Å². The van der Waals surface area contributed by atoms with Gasteiger partial charge in [-0.1, -0.05) is 30.9 Å². The van der Waals surface area contributed by atoms with Gasteiger partial charge in [-0.25, -0.2) is 0 Å². The molecule has 1 aromatic rings. The van der Waals surface area contributed by atoms with Gasteiger partial charge in [0, 0.05) is 5.56 Å². The van der Waals surface area contributed by atoms with Gasteiger partial charge in [0.15, 0.2) is 0 Å². The van der Waals surface area contributed by atoms with Crippen LogP contribution in [0, 0.1) is 0 Å². The van der Waals surface area contributed by atoms with Gasteiger partial charge in [-0.2, -0.15) is 0 Å². The molecule has 0 aliphatic heterocycles. The summed E-state index contributed by atoms with van der Waals surface area (Å²) in [7, 11) is 0. The van der Waals surface area contributed by atoms with Crippen molar-refractivity contribution in [2.45, 2.75) is 63.2 Å². The van der Waals surface area contributed by atoms with Crippen molar-refractivity contribution in [2.24, 2.45) is 0 Å². The number of hydrogen-bond acceptors (Lipinski definition) is 2. The molecule has 21 heavy (non-hydrogen) atoms. The van der Waals surface area contributed by atoms with Crippen molar-refractivity contribution in [3.63, 3.8) is 0 Å². The third-order valence-corrected chi connectivity index (χ3v) is 5.46. The standard InChI is InChI=1S/C17H21ClO3/c18-13-10-11-6-2-3-7-12(11)14(15(13)19)17(16(20)21)8-4-1-5-9-17/h10,19H,1-9H2,(H,20,21). The topological polar surface area (TPSA) is 57.5 Å². The second-order valence-electron chi connectivity index (χ2n) is 6.37. The second-order valence-corrected chi connectivity index (χ2v) is 6.78. The van der Waals surface area contributed by atoms with Crippen LogP contribution < -0.4 is 0 Å². The molecule has 1 fully saturated rings. The molecule has 0 unspecified atom stereocenters. The van der Waals surface area contributed by atoms with Gasteiger partial charge >= 0.3 is 5.97 Å². The third-order valence-electron chi connectivity index (χ3n) is 5.17. The van der Waals surface area contributed by atoms with E-state index >= 15 is 0 Å². The number of phenols is 1. The number of hydrogen-bond donors (Lipinski definition) is 2. The third kappa shape index (κ3) is 2.32. The molecule has 0 radical (unpaired) electrons. The molecule has 4 heteroatoms. The van der Waals surface area contributed by atoms with E-state index in [4.69, 9.17) is 11.6 Å². The zero-order chi connectivity index (χ0) is 15.0. The summed E-state index contributed by atoms with van der Waals surface area (Å²) in [4.78, 5) is 12.1. The van der Waals surface area contributed by atoms with E-state index < -0.39 is 11.4 Å². The first kappa shape index (κ1) is 14.7. The van der Waals surface area contributed by atoms with Crippen molar-refractivity contribution >= 4 is 17.6 Å². The highest BCUT2D eigenvalue weighted by Gasteiger charge is 2.45. The van der Waals surface area contributed by atoms with Gasteiger partial charge < -0.3 is 10.2 Å². The summed E-state index contributed by atoms with van der Waals surface area (Å²) in [6.07, 6.45) is 8.00. The SMILES string of the molecule is O=C(O)C1(c2c(O)c(Cl)cc3c2CCCC3)CCCCC1. The quantitative estimate of drug-likeness (QED) is 0.860. The summed E-state index contributed by atoms with van der Waals surface area (Å²) < 4.78 is 0. The zero-order valence-electron chi connectivity index (χ0n) is 12.1. The molecule has 0 bridgehead atoms. The maximum atomic E-state index is 12.1. The number of aryl methyl sites for hydroxylation is 1. The van der Waals surface area contributed by atoms with E-state index in [-0.39, 0.29) is 5.75 Å². The molecule has 0 amide bonds. The minimum absolute atomic E-state index is 0.00150. The van der Waals surface area contributed by atoms with E-state index in [1.54, 1.807) is 0 Å². The fourth-order valence-electron chi connectivity index (χ4n) is 4.10. The number of benzene rings is 1. The largest absolute Gasteiger partial charge is 0.506 e. The van der Waals surface area contributed by atoms with Crippen molar-refractivity contribution in [3.8, 4) is 5.75 Å². The van der Waals surface area contributed by atoms with Gasteiger partial charge in [-0.3, -0.25) is 4.79 Å². The minimum atomic E-state index is -0.950. The highest BCUT2D eigenvalue weighted by atomic mass is 35.5. The van der Waals surface area contributed by atoms with Gasteiger partial charge in [0.2, 0.25) is 0 Å². The summed E-state index contributed by atoms with van der Waals surface area (Å²) >= 11 is 6.19. The molecule has 0 aromatic heterocycles. The molecule has 3 rings (SSSR count). The Balaban J connectivity index is 2.24. The van der Waals surface area contributed by atoms with Crippen molar-refractivity contribution in [2.75, 3.05) is 0 Å². The fraction of sp³-hybridized carbons (Fsp3) is 0.588. The van der Waals surface area contributed by atoms with Gasteiger partial charge in [-0.15, -0.1) is 0 Å². The average molecular weight is 309 g/mol. The Morgan fingerprint density at radius 3 is 2.43 bits per heavy atom. The monoisotopic (exact) mass is 308 g/mol. The van der Waals surface area contributed by atoms with Crippen LogP contribution in [0.15, 0.2) is 6.07 Å². The summed E-state index contributed by atoms with van der Waals surface area (Å²) in [5.74, 6) is -0.811. The van der Waals surface area contributed by atoms with E-state index in [1.807, 2.05) is 6.07 Å². The van der Waals surface area contributed by atoms with Crippen LogP contribution in [0.3, 0.4) is 0 Å². The summed E-state index contributed by atoms with van der Waals surface area (Å²) in [6, 6.07) is 1.83. The van der Waals surface area contributed by atoms with Crippen molar-refractivity contribution in [1.29, 1.82) is 0 Å². The van der Waals surface area contributed by atoms with E-state index in [1.165, 1.54) is 0 Å². The fourth-order valence-corrected chi connectivity index (χ4v) is 4.32. The Bertz CT molecular complexity index is 574. The van der Waals surface area contributed by atoms with E-state index in [0.717, 1.165) is 56.1 Å². The molecular formula is C17H21ClO3. The molecule has 1 aromatic carbocycles. The van der Waals surface area contributed by atoms with Gasteiger partial charge in [-0.05, 0) is 55.7 Å². The van der Waals surface area contributed by atoms with Crippen LogP contribution in [0.25, 0.3) is 0 Å². The van der Waals surface area contributed by atoms with Crippen LogP contribution >= 0.6 is 11.6 Å². The molecule has 0 atom stereocenters. The summed E-state index contributed by atoms with van der Waals surface area (Å²) in [5.41, 5.74) is 1.85. The van der Waals surface area contributed by atoms with Crippen LogP contribution in [-0.2, 0) is 23.1 Å². The van der Waals surface area contributed by atoms with Crippen molar-refractivity contribution < 1.29 is 15.0 Å². The molecule has 2 aliphatic rings. The summed E-state index contributed by atoms with van der Waals surface area (Å²) in [5, 5.41) is 20.7. The maximum absolute atomic E-state index is 12.1. The predicted octanol–water partition coefficient (Wildman–Crippen LogP) is 4.21. The van der Waals surface area contributed by atoms with Crippen LogP contribution in [-0.4, -0.2) is 16.2 Å². The Morgan fingerprint density at radius 1 is 1.10 bits per heavy atom. The molecule has 1 saturated carbocycles. The number of phenolic OH excluding ortho intramolecular Hbond substituents is 1. The van der Waals surface area contributed by atoms with E-state index in [2.05, 4.69) is 0 Å². The molecule has 0 spiro atoms. The Morgan fingerprint density at radius 2 is 1.76 bits per heavy atom. The highest BCUT2D eigenvalue weighted by molar-refractivity contribution is 6.32. The highest BCUT2D eigenvalue weighted by Crippen LogP contribution is 2.49. The number of aliphatic carboxylic acids is 1. The lowest BCUT2D eigenvalue weighted by molar-refractivity contribution is -0.145. The maximum Gasteiger partial charge on any atom is 0.314 e. The number of carboxylic acids is 1. The van der Waals surface area contributed by atoms with Gasteiger partial charge in [0.25, 0.3) is 0 Å². The minimum Gasteiger partial charge on any atom is -0.506 e. The lowest BCUT2D eigenvalue weighted by Gasteiger charge is -2.37. The van der Waals surface area contributed by atoms with Crippen LogP contribution in [0.1, 0.15) is 61.6 Å². The molecule has 0 heterocycles. The van der Waals surface area contributed by atoms with Crippen molar-refractivity contribution in [1.82, 2.24) is 0 Å². The number of halogens is 1. The van der Waals surface area contributed by atoms with Crippen LogP contribution in [0.2, 0.25) is 5.02 Å².